The number of amides is 1. The van der Waals surface area contributed by atoms with Crippen LogP contribution in [0.25, 0.3) is 0 Å². The highest BCUT2D eigenvalue weighted by Crippen LogP contribution is 2.37. The molecule has 0 bridgehead atoms. The highest BCUT2D eigenvalue weighted by molar-refractivity contribution is 6.30. The molecule has 28 heavy (non-hydrogen) atoms. The van der Waals surface area contributed by atoms with Gasteiger partial charge in [-0.25, -0.2) is 0 Å². The van der Waals surface area contributed by atoms with Crippen LogP contribution in [0, 0.1) is 0 Å². The minimum atomic E-state index is -0.881. The molecule has 0 unspecified atom stereocenters. The first kappa shape index (κ1) is 20.4. The highest BCUT2D eigenvalue weighted by Gasteiger charge is 2.40. The molecule has 0 aromatic heterocycles. The molecule has 1 aliphatic heterocycles. The number of esters is 1. The zero-order chi connectivity index (χ0) is 20.3. The van der Waals surface area contributed by atoms with Crippen molar-refractivity contribution in [3.63, 3.8) is 0 Å². The Morgan fingerprint density at radius 3 is 2.57 bits per heavy atom. The molecule has 6 heteroatoms. The van der Waals surface area contributed by atoms with Gasteiger partial charge in [0.1, 0.15) is 0 Å². The van der Waals surface area contributed by atoms with Gasteiger partial charge in [-0.1, -0.05) is 41.9 Å². The number of fused-ring (bicyclic) bond motifs is 1. The lowest BCUT2D eigenvalue weighted by atomic mass is 9.87. The smallest absolute Gasteiger partial charge is 0.303 e. The molecule has 5 nitrogen and oxygen atoms in total. The van der Waals surface area contributed by atoms with Crippen molar-refractivity contribution in [1.82, 2.24) is 4.90 Å². The highest BCUT2D eigenvalue weighted by atomic mass is 35.5. The van der Waals surface area contributed by atoms with E-state index >= 15 is 0 Å². The number of nitrogens with zero attached hydrogens (tertiary/aromatic N) is 2. The number of hydrogen-bond donors (Lipinski definition) is 0. The first-order chi connectivity index (χ1) is 13.4. The van der Waals surface area contributed by atoms with Crippen LogP contribution in [0.3, 0.4) is 0 Å². The molecule has 3 rings (SSSR count). The minimum absolute atomic E-state index is 0.202. The second kappa shape index (κ2) is 8.76. The summed E-state index contributed by atoms with van der Waals surface area (Å²) in [7, 11) is 3.92. The van der Waals surface area contributed by atoms with Crippen molar-refractivity contribution >= 4 is 29.2 Å². The molecule has 1 aliphatic rings. The van der Waals surface area contributed by atoms with Crippen LogP contribution in [0.15, 0.2) is 48.5 Å². The molecule has 1 heterocycles. The Balaban J connectivity index is 2.10. The van der Waals surface area contributed by atoms with E-state index in [0.29, 0.717) is 24.5 Å². The van der Waals surface area contributed by atoms with Crippen LogP contribution in [0.2, 0.25) is 5.02 Å². The second-order valence-electron chi connectivity index (χ2n) is 7.32. The van der Waals surface area contributed by atoms with Crippen LogP contribution in [-0.2, 0) is 20.7 Å². The van der Waals surface area contributed by atoms with Crippen molar-refractivity contribution in [3.05, 3.63) is 64.7 Å². The van der Waals surface area contributed by atoms with Crippen LogP contribution >= 0.6 is 11.6 Å². The van der Waals surface area contributed by atoms with Crippen molar-refractivity contribution in [2.45, 2.75) is 25.4 Å². The van der Waals surface area contributed by atoms with Crippen molar-refractivity contribution in [3.8, 4) is 0 Å². The van der Waals surface area contributed by atoms with E-state index in [-0.39, 0.29) is 11.8 Å². The number of benzene rings is 2. The normalized spacial score (nSPS) is 19.3. The van der Waals surface area contributed by atoms with E-state index in [4.69, 9.17) is 16.3 Å². The van der Waals surface area contributed by atoms with Gasteiger partial charge < -0.3 is 14.5 Å². The van der Waals surface area contributed by atoms with Crippen molar-refractivity contribution < 1.29 is 14.3 Å². The SMILES string of the molecule is CC(=O)O[C@@H]1C(=O)N(CCN(C)C)c2ccc(Cl)cc2C[C@@H]1c1ccccc1. The summed E-state index contributed by atoms with van der Waals surface area (Å²) < 4.78 is 5.57. The van der Waals surface area contributed by atoms with Gasteiger partial charge in [0.2, 0.25) is 0 Å². The summed E-state index contributed by atoms with van der Waals surface area (Å²) in [4.78, 5) is 29.1. The summed E-state index contributed by atoms with van der Waals surface area (Å²) in [5.74, 6) is -0.943. The lowest BCUT2D eigenvalue weighted by Gasteiger charge is -2.29. The Labute approximate surface area is 170 Å². The number of rotatable bonds is 5. The van der Waals surface area contributed by atoms with Gasteiger partial charge in [-0.05, 0) is 49.8 Å². The van der Waals surface area contributed by atoms with E-state index in [9.17, 15) is 9.59 Å². The van der Waals surface area contributed by atoms with Crippen LogP contribution in [0.4, 0.5) is 5.69 Å². The molecule has 0 radical (unpaired) electrons. The zero-order valence-electron chi connectivity index (χ0n) is 16.4. The van der Waals surface area contributed by atoms with Gasteiger partial charge in [0.05, 0.1) is 0 Å². The van der Waals surface area contributed by atoms with Gasteiger partial charge >= 0.3 is 5.97 Å². The Hall–Kier alpha value is -2.37. The van der Waals surface area contributed by atoms with Crippen molar-refractivity contribution in [2.75, 3.05) is 32.1 Å². The molecular weight excluding hydrogens is 376 g/mol. The second-order valence-corrected chi connectivity index (χ2v) is 7.75. The number of hydrogen-bond acceptors (Lipinski definition) is 4. The quantitative estimate of drug-likeness (QED) is 0.721. The molecule has 148 valence electrons. The topological polar surface area (TPSA) is 49.9 Å². The van der Waals surface area contributed by atoms with Gasteiger partial charge in [-0.2, -0.15) is 0 Å². The van der Waals surface area contributed by atoms with E-state index < -0.39 is 12.1 Å². The fraction of sp³-hybridized carbons (Fsp3) is 0.364. The predicted octanol–water partition coefficient (Wildman–Crippen LogP) is 3.51. The largest absolute Gasteiger partial charge is 0.452 e. The van der Waals surface area contributed by atoms with E-state index in [2.05, 4.69) is 0 Å². The fourth-order valence-corrected chi connectivity index (χ4v) is 3.80. The lowest BCUT2D eigenvalue weighted by Crippen LogP contribution is -2.45. The summed E-state index contributed by atoms with van der Waals surface area (Å²) in [6.07, 6.45) is -0.324. The number of anilines is 1. The van der Waals surface area contributed by atoms with Gasteiger partial charge in [0, 0.05) is 36.6 Å². The number of likely N-dealkylation sites (N-methyl/N-ethyl adjacent to an activating group) is 1. The standard InChI is InChI=1S/C22H25ClN2O3/c1-15(26)28-21-19(16-7-5-4-6-8-16)14-17-13-18(23)9-10-20(17)25(22(21)27)12-11-24(2)3/h4-10,13,19,21H,11-12,14H2,1-3H3/t19-,21+/m1/s1. The van der Waals surface area contributed by atoms with Crippen LogP contribution in [-0.4, -0.2) is 50.1 Å². The molecule has 1 amide bonds. The summed E-state index contributed by atoms with van der Waals surface area (Å²) in [6.45, 7) is 2.53. The third-order valence-electron chi connectivity index (χ3n) is 4.94. The van der Waals surface area contributed by atoms with Crippen molar-refractivity contribution in [2.24, 2.45) is 0 Å². The maximum absolute atomic E-state index is 13.5. The molecule has 0 fully saturated rings. The van der Waals surface area contributed by atoms with Crippen LogP contribution in [0.1, 0.15) is 24.0 Å². The first-order valence-electron chi connectivity index (χ1n) is 9.33. The van der Waals surface area contributed by atoms with E-state index in [1.807, 2.05) is 61.5 Å². The van der Waals surface area contributed by atoms with E-state index in [0.717, 1.165) is 16.8 Å². The van der Waals surface area contributed by atoms with E-state index in [1.165, 1.54) is 6.92 Å². The zero-order valence-corrected chi connectivity index (χ0v) is 17.1. The fourth-order valence-electron chi connectivity index (χ4n) is 3.60. The molecule has 0 saturated heterocycles. The van der Waals surface area contributed by atoms with Crippen molar-refractivity contribution in [1.29, 1.82) is 0 Å². The van der Waals surface area contributed by atoms with Gasteiger partial charge in [0.25, 0.3) is 5.91 Å². The Bertz CT molecular complexity index is 854. The molecule has 2 atom stereocenters. The maximum Gasteiger partial charge on any atom is 0.303 e. The Kier molecular flexibility index (Phi) is 6.37. The average molecular weight is 401 g/mol. The van der Waals surface area contributed by atoms with Crippen LogP contribution < -0.4 is 4.90 Å². The molecule has 2 aromatic carbocycles. The summed E-state index contributed by atoms with van der Waals surface area (Å²) in [6, 6.07) is 15.3. The third kappa shape index (κ3) is 4.54. The number of halogens is 1. The number of carbonyl (C=O) groups is 2. The minimum Gasteiger partial charge on any atom is -0.452 e. The molecule has 0 aliphatic carbocycles. The van der Waals surface area contributed by atoms with Crippen LogP contribution in [0.5, 0.6) is 0 Å². The monoisotopic (exact) mass is 400 g/mol. The molecular formula is C22H25ClN2O3. The molecule has 2 aromatic rings. The lowest BCUT2D eigenvalue weighted by molar-refractivity contribution is -0.154. The van der Waals surface area contributed by atoms with Gasteiger partial charge in [-0.15, -0.1) is 0 Å². The molecule has 0 saturated carbocycles. The third-order valence-corrected chi connectivity index (χ3v) is 5.17. The predicted molar refractivity (Wildman–Crippen MR) is 111 cm³/mol. The van der Waals surface area contributed by atoms with Gasteiger partial charge in [0.15, 0.2) is 6.10 Å². The summed E-state index contributed by atoms with van der Waals surface area (Å²) in [5, 5.41) is 0.622. The maximum atomic E-state index is 13.5. The summed E-state index contributed by atoms with van der Waals surface area (Å²) in [5.41, 5.74) is 2.76. The van der Waals surface area contributed by atoms with Gasteiger partial charge in [-0.3, -0.25) is 9.59 Å². The Morgan fingerprint density at radius 2 is 1.93 bits per heavy atom. The summed E-state index contributed by atoms with van der Waals surface area (Å²) >= 11 is 6.26. The molecule has 0 N–H and O–H groups in total. The number of ether oxygens (including phenoxy) is 1. The van der Waals surface area contributed by atoms with E-state index in [1.54, 1.807) is 11.0 Å². The number of carbonyl (C=O) groups excluding carboxylic acids is 2. The molecule has 0 spiro atoms. The average Bonchev–Trinajstić information content (AvgIpc) is 2.76. The Morgan fingerprint density at radius 1 is 1.21 bits per heavy atom. The first-order valence-corrected chi connectivity index (χ1v) is 9.71.